The molecule has 3 nitrogen and oxygen atoms in total. The van der Waals surface area contributed by atoms with E-state index in [4.69, 9.17) is 10.2 Å². The molecule has 0 radical (unpaired) electrons. The zero-order valence-corrected chi connectivity index (χ0v) is 11.5. The number of rotatable bonds is 3. The molecule has 0 aliphatic carbocycles. The van der Waals surface area contributed by atoms with E-state index in [1.165, 1.54) is 12.2 Å². The van der Waals surface area contributed by atoms with E-state index in [2.05, 4.69) is 30.5 Å². The van der Waals surface area contributed by atoms with E-state index in [9.17, 15) is 0 Å². The van der Waals surface area contributed by atoms with Gasteiger partial charge in [0.05, 0.1) is 12.3 Å². The molecule has 0 amide bonds. The van der Waals surface area contributed by atoms with Crippen LogP contribution in [0.3, 0.4) is 0 Å². The number of thioether (sulfide) groups is 1. The van der Waals surface area contributed by atoms with Gasteiger partial charge in [-0.2, -0.15) is 11.8 Å². The van der Waals surface area contributed by atoms with Crippen molar-refractivity contribution in [1.82, 2.24) is 4.90 Å². The van der Waals surface area contributed by atoms with Gasteiger partial charge in [-0.3, -0.25) is 4.90 Å². The van der Waals surface area contributed by atoms with Crippen LogP contribution in [0.2, 0.25) is 0 Å². The zero-order chi connectivity index (χ0) is 12.3. The third-order valence-corrected chi connectivity index (χ3v) is 4.78. The SMILES string of the molecule is CC1(C)CCN(C(CN)c2ccco2)CCS1. The molecular weight excluding hydrogens is 232 g/mol. The molecule has 1 aromatic rings. The molecule has 2 rings (SSSR count). The number of nitrogens with zero attached hydrogens (tertiary/aromatic N) is 1. The Morgan fingerprint density at radius 1 is 1.53 bits per heavy atom. The van der Waals surface area contributed by atoms with E-state index in [1.807, 2.05) is 12.1 Å². The highest BCUT2D eigenvalue weighted by Crippen LogP contribution is 2.33. The minimum atomic E-state index is 0.236. The van der Waals surface area contributed by atoms with Gasteiger partial charge in [-0.05, 0) is 18.6 Å². The largest absolute Gasteiger partial charge is 0.468 e. The summed E-state index contributed by atoms with van der Waals surface area (Å²) in [6.07, 6.45) is 2.93. The quantitative estimate of drug-likeness (QED) is 0.900. The lowest BCUT2D eigenvalue weighted by Gasteiger charge is -2.28. The lowest BCUT2D eigenvalue weighted by Crippen LogP contribution is -2.35. The molecular formula is C13H22N2OS. The molecule has 4 heteroatoms. The molecule has 1 fully saturated rings. The predicted molar refractivity (Wildman–Crippen MR) is 73.2 cm³/mol. The highest BCUT2D eigenvalue weighted by Gasteiger charge is 2.28. The van der Waals surface area contributed by atoms with Gasteiger partial charge in [0, 0.05) is 30.1 Å². The van der Waals surface area contributed by atoms with Crippen molar-refractivity contribution in [1.29, 1.82) is 0 Å². The molecule has 0 bridgehead atoms. The standard InChI is InChI=1S/C13H22N2OS/c1-13(2)5-6-15(7-9-17-13)11(10-14)12-4-3-8-16-12/h3-4,8,11H,5-7,9-10,14H2,1-2H3. The molecule has 1 aliphatic rings. The Labute approximate surface area is 108 Å². The van der Waals surface area contributed by atoms with Crippen LogP contribution in [0.25, 0.3) is 0 Å². The van der Waals surface area contributed by atoms with E-state index in [0.29, 0.717) is 11.3 Å². The van der Waals surface area contributed by atoms with Crippen LogP contribution in [-0.4, -0.2) is 35.0 Å². The molecule has 2 heterocycles. The van der Waals surface area contributed by atoms with Crippen molar-refractivity contribution in [3.8, 4) is 0 Å². The van der Waals surface area contributed by atoms with Crippen LogP contribution in [0.5, 0.6) is 0 Å². The normalized spacial score (nSPS) is 23.2. The Kier molecular flexibility index (Phi) is 4.17. The maximum absolute atomic E-state index is 5.90. The maximum Gasteiger partial charge on any atom is 0.122 e. The monoisotopic (exact) mass is 254 g/mol. The van der Waals surface area contributed by atoms with E-state index >= 15 is 0 Å². The first kappa shape index (κ1) is 13.0. The van der Waals surface area contributed by atoms with Gasteiger partial charge in [0.1, 0.15) is 5.76 Å². The number of furan rings is 1. The van der Waals surface area contributed by atoms with E-state index in [1.54, 1.807) is 6.26 Å². The number of hydrogen-bond acceptors (Lipinski definition) is 4. The Morgan fingerprint density at radius 2 is 2.35 bits per heavy atom. The van der Waals surface area contributed by atoms with Gasteiger partial charge in [0.15, 0.2) is 0 Å². The summed E-state index contributed by atoms with van der Waals surface area (Å²) in [7, 11) is 0. The van der Waals surface area contributed by atoms with Crippen molar-refractivity contribution in [3.05, 3.63) is 24.2 Å². The number of nitrogens with two attached hydrogens (primary N) is 1. The molecule has 2 N–H and O–H groups in total. The van der Waals surface area contributed by atoms with Crippen molar-refractivity contribution >= 4 is 11.8 Å². The van der Waals surface area contributed by atoms with E-state index < -0.39 is 0 Å². The Bertz CT molecular complexity index is 337. The van der Waals surface area contributed by atoms with E-state index in [-0.39, 0.29) is 6.04 Å². The molecule has 0 spiro atoms. The van der Waals surface area contributed by atoms with Crippen molar-refractivity contribution < 1.29 is 4.42 Å². The minimum absolute atomic E-state index is 0.236. The van der Waals surface area contributed by atoms with Crippen LogP contribution in [-0.2, 0) is 0 Å². The molecule has 96 valence electrons. The van der Waals surface area contributed by atoms with E-state index in [0.717, 1.165) is 18.8 Å². The average Bonchev–Trinajstić information content (AvgIpc) is 2.73. The molecule has 1 aliphatic heterocycles. The molecule has 1 saturated heterocycles. The highest BCUT2D eigenvalue weighted by molar-refractivity contribution is 8.00. The van der Waals surface area contributed by atoms with Gasteiger partial charge in [0.25, 0.3) is 0 Å². The zero-order valence-electron chi connectivity index (χ0n) is 10.7. The van der Waals surface area contributed by atoms with Crippen LogP contribution in [0, 0.1) is 0 Å². The summed E-state index contributed by atoms with van der Waals surface area (Å²) in [5.74, 6) is 2.17. The van der Waals surface area contributed by atoms with Crippen molar-refractivity contribution in [2.24, 2.45) is 5.73 Å². The third-order valence-electron chi connectivity index (χ3n) is 3.41. The van der Waals surface area contributed by atoms with Gasteiger partial charge in [-0.25, -0.2) is 0 Å². The summed E-state index contributed by atoms with van der Waals surface area (Å²) in [5, 5.41) is 0. The van der Waals surface area contributed by atoms with Crippen molar-refractivity contribution in [2.75, 3.05) is 25.4 Å². The fraction of sp³-hybridized carbons (Fsp3) is 0.692. The fourth-order valence-corrected chi connectivity index (χ4v) is 3.39. The molecule has 17 heavy (non-hydrogen) atoms. The second-order valence-corrected chi connectivity index (χ2v) is 6.96. The Morgan fingerprint density at radius 3 is 3.00 bits per heavy atom. The van der Waals surface area contributed by atoms with Crippen LogP contribution in [0.4, 0.5) is 0 Å². The second kappa shape index (κ2) is 5.46. The maximum atomic E-state index is 5.90. The Balaban J connectivity index is 2.05. The topological polar surface area (TPSA) is 42.4 Å². The fourth-order valence-electron chi connectivity index (χ4n) is 2.27. The molecule has 1 aromatic heterocycles. The molecule has 1 unspecified atom stereocenters. The first-order chi connectivity index (χ1) is 8.12. The molecule has 0 saturated carbocycles. The van der Waals surface area contributed by atoms with Crippen molar-refractivity contribution in [3.63, 3.8) is 0 Å². The minimum Gasteiger partial charge on any atom is -0.468 e. The van der Waals surface area contributed by atoms with Gasteiger partial charge < -0.3 is 10.2 Å². The predicted octanol–water partition coefficient (Wildman–Crippen LogP) is 2.50. The lowest BCUT2D eigenvalue weighted by molar-refractivity contribution is 0.187. The first-order valence-electron chi connectivity index (χ1n) is 6.24. The number of hydrogen-bond donors (Lipinski definition) is 1. The van der Waals surface area contributed by atoms with Crippen LogP contribution in [0.1, 0.15) is 32.1 Å². The lowest BCUT2D eigenvalue weighted by atomic mass is 10.1. The van der Waals surface area contributed by atoms with Gasteiger partial charge >= 0.3 is 0 Å². The highest BCUT2D eigenvalue weighted by atomic mass is 32.2. The van der Waals surface area contributed by atoms with Crippen LogP contribution >= 0.6 is 11.8 Å². The summed E-state index contributed by atoms with van der Waals surface area (Å²) < 4.78 is 5.89. The smallest absolute Gasteiger partial charge is 0.122 e. The van der Waals surface area contributed by atoms with Gasteiger partial charge in [-0.15, -0.1) is 0 Å². The summed E-state index contributed by atoms with van der Waals surface area (Å²) >= 11 is 2.06. The summed E-state index contributed by atoms with van der Waals surface area (Å²) in [6, 6.07) is 4.20. The second-order valence-electron chi connectivity index (χ2n) is 5.16. The van der Waals surface area contributed by atoms with Crippen molar-refractivity contribution in [2.45, 2.75) is 31.1 Å². The van der Waals surface area contributed by atoms with Crippen LogP contribution < -0.4 is 5.73 Å². The third kappa shape index (κ3) is 3.27. The van der Waals surface area contributed by atoms with Crippen LogP contribution in [0.15, 0.2) is 22.8 Å². The molecule has 0 aromatic carbocycles. The summed E-state index contributed by atoms with van der Waals surface area (Å²) in [6.45, 7) is 7.47. The summed E-state index contributed by atoms with van der Waals surface area (Å²) in [5.41, 5.74) is 5.90. The summed E-state index contributed by atoms with van der Waals surface area (Å²) in [4.78, 5) is 2.46. The average molecular weight is 254 g/mol. The van der Waals surface area contributed by atoms with Gasteiger partial charge in [-0.1, -0.05) is 13.8 Å². The Hall–Kier alpha value is -0.450. The van der Waals surface area contributed by atoms with Gasteiger partial charge in [0.2, 0.25) is 0 Å². The molecule has 1 atom stereocenters. The first-order valence-corrected chi connectivity index (χ1v) is 7.22.